The molecular formula is C16H35O2PS. The summed E-state index contributed by atoms with van der Waals surface area (Å²) < 4.78 is 5.70. The van der Waals surface area contributed by atoms with Crippen molar-refractivity contribution in [2.45, 2.75) is 68.2 Å². The van der Waals surface area contributed by atoms with Crippen LogP contribution in [0.3, 0.4) is 0 Å². The van der Waals surface area contributed by atoms with Crippen molar-refractivity contribution >= 4 is 18.3 Å². The standard InChI is InChI=1S/C16H35O2PS/c1-13(9-15(3,4)5)11-18-19(17,20)12-14(2)10-16(6,7)8/h13-14H,9-12H2,1-8H3,(H,17,20). The fraction of sp³-hybridized carbons (Fsp3) is 1.00. The summed E-state index contributed by atoms with van der Waals surface area (Å²) in [6.07, 6.45) is 2.77. The molecule has 0 aliphatic heterocycles. The molecule has 122 valence electrons. The number of rotatable bonds is 7. The van der Waals surface area contributed by atoms with Gasteiger partial charge in [0, 0.05) is 6.16 Å². The maximum Gasteiger partial charge on any atom is 0.186 e. The van der Waals surface area contributed by atoms with Crippen LogP contribution >= 0.6 is 6.49 Å². The molecule has 0 aliphatic rings. The van der Waals surface area contributed by atoms with Crippen molar-refractivity contribution < 1.29 is 9.42 Å². The summed E-state index contributed by atoms with van der Waals surface area (Å²) in [5.74, 6) is 0.839. The zero-order chi connectivity index (χ0) is 16.2. The van der Waals surface area contributed by atoms with E-state index in [9.17, 15) is 4.89 Å². The maximum atomic E-state index is 10.3. The third-order valence-electron chi connectivity index (χ3n) is 3.02. The van der Waals surface area contributed by atoms with Gasteiger partial charge in [-0.3, -0.25) is 0 Å². The monoisotopic (exact) mass is 322 g/mol. The molecule has 0 aromatic rings. The average molecular weight is 322 g/mol. The van der Waals surface area contributed by atoms with Crippen molar-refractivity contribution in [3.05, 3.63) is 0 Å². The molecule has 0 radical (unpaired) electrons. The first-order valence-electron chi connectivity index (χ1n) is 7.66. The SMILES string of the molecule is CC(COP(O)(=S)CC(C)CC(C)(C)C)CC(C)(C)C. The van der Waals surface area contributed by atoms with Crippen molar-refractivity contribution in [2.24, 2.45) is 22.7 Å². The molecule has 0 rings (SSSR count). The lowest BCUT2D eigenvalue weighted by Crippen LogP contribution is -2.17. The molecule has 0 amide bonds. The Kier molecular flexibility index (Phi) is 7.94. The highest BCUT2D eigenvalue weighted by molar-refractivity contribution is 8.09. The topological polar surface area (TPSA) is 29.5 Å². The van der Waals surface area contributed by atoms with Crippen molar-refractivity contribution in [1.82, 2.24) is 0 Å². The number of hydrogen-bond donors (Lipinski definition) is 1. The zero-order valence-electron chi connectivity index (χ0n) is 14.7. The summed E-state index contributed by atoms with van der Waals surface area (Å²) in [5.41, 5.74) is 0.564. The highest BCUT2D eigenvalue weighted by Crippen LogP contribution is 2.46. The molecule has 0 heterocycles. The third kappa shape index (κ3) is 12.3. The Morgan fingerprint density at radius 2 is 1.35 bits per heavy atom. The lowest BCUT2D eigenvalue weighted by Gasteiger charge is -2.28. The molecule has 0 aromatic carbocycles. The minimum Gasteiger partial charge on any atom is -0.345 e. The first-order valence-corrected chi connectivity index (χ1v) is 10.5. The molecule has 0 aliphatic carbocycles. The molecule has 3 atom stereocenters. The van der Waals surface area contributed by atoms with Gasteiger partial charge in [-0.05, 0) is 47.3 Å². The van der Waals surface area contributed by atoms with Gasteiger partial charge in [-0.25, -0.2) is 0 Å². The van der Waals surface area contributed by atoms with Crippen molar-refractivity contribution in [3.63, 3.8) is 0 Å². The van der Waals surface area contributed by atoms with E-state index in [4.69, 9.17) is 16.3 Å². The van der Waals surface area contributed by atoms with Gasteiger partial charge in [0.2, 0.25) is 0 Å². The van der Waals surface area contributed by atoms with Gasteiger partial charge >= 0.3 is 0 Å². The predicted molar refractivity (Wildman–Crippen MR) is 93.8 cm³/mol. The molecule has 0 saturated carbocycles. The molecule has 2 nitrogen and oxygen atoms in total. The summed E-state index contributed by atoms with van der Waals surface area (Å²) in [7, 11) is 0. The van der Waals surface area contributed by atoms with Gasteiger partial charge < -0.3 is 9.42 Å². The minimum atomic E-state index is -2.62. The van der Waals surface area contributed by atoms with Gasteiger partial charge in [-0.2, -0.15) is 0 Å². The van der Waals surface area contributed by atoms with Gasteiger partial charge in [0.15, 0.2) is 6.49 Å². The van der Waals surface area contributed by atoms with Crippen molar-refractivity contribution in [1.29, 1.82) is 0 Å². The van der Waals surface area contributed by atoms with E-state index in [1.807, 2.05) is 0 Å². The summed E-state index contributed by atoms with van der Waals surface area (Å²) in [5, 5.41) is 0. The Morgan fingerprint density at radius 1 is 0.950 bits per heavy atom. The molecule has 0 aromatic heterocycles. The van der Waals surface area contributed by atoms with E-state index in [-0.39, 0.29) is 5.41 Å². The highest BCUT2D eigenvalue weighted by Gasteiger charge is 2.24. The molecule has 0 saturated heterocycles. The quantitative estimate of drug-likeness (QED) is 0.632. The van der Waals surface area contributed by atoms with Crippen molar-refractivity contribution in [2.75, 3.05) is 12.8 Å². The van der Waals surface area contributed by atoms with Crippen LogP contribution in [-0.4, -0.2) is 17.7 Å². The molecule has 4 heteroatoms. The molecule has 0 bridgehead atoms. The second-order valence-corrected chi connectivity index (χ2v) is 12.5. The molecule has 3 unspecified atom stereocenters. The molecule has 0 fully saturated rings. The molecular weight excluding hydrogens is 287 g/mol. The summed E-state index contributed by atoms with van der Waals surface area (Å²) in [6.45, 7) is 15.6. The largest absolute Gasteiger partial charge is 0.345 e. The van der Waals surface area contributed by atoms with Gasteiger partial charge in [0.25, 0.3) is 0 Å². The van der Waals surface area contributed by atoms with Gasteiger partial charge in [0.05, 0.1) is 6.61 Å². The van der Waals surface area contributed by atoms with Crippen LogP contribution in [0.5, 0.6) is 0 Å². The summed E-state index contributed by atoms with van der Waals surface area (Å²) in [6, 6.07) is 0. The first-order chi connectivity index (χ1) is 8.70. The van der Waals surface area contributed by atoms with E-state index in [0.717, 1.165) is 12.8 Å². The fourth-order valence-corrected chi connectivity index (χ4v) is 5.36. The van der Waals surface area contributed by atoms with Crippen LogP contribution in [0.25, 0.3) is 0 Å². The third-order valence-corrected chi connectivity index (χ3v) is 5.43. The molecule has 0 spiro atoms. The van der Waals surface area contributed by atoms with E-state index in [0.29, 0.717) is 30.0 Å². The van der Waals surface area contributed by atoms with Crippen LogP contribution < -0.4 is 0 Å². The summed E-state index contributed by atoms with van der Waals surface area (Å²) in [4.78, 5) is 10.3. The Balaban J connectivity index is 4.23. The predicted octanol–water partition coefficient (Wildman–Crippen LogP) is 5.45. The van der Waals surface area contributed by atoms with E-state index < -0.39 is 6.49 Å². The van der Waals surface area contributed by atoms with E-state index in [2.05, 4.69) is 55.4 Å². The lowest BCUT2D eigenvalue weighted by atomic mass is 9.86. The molecule has 1 N–H and O–H groups in total. The van der Waals surface area contributed by atoms with Gasteiger partial charge in [-0.1, -0.05) is 55.4 Å². The Bertz CT molecular complexity index is 328. The minimum absolute atomic E-state index is 0.272. The smallest absolute Gasteiger partial charge is 0.186 e. The average Bonchev–Trinajstić information content (AvgIpc) is 2.07. The first kappa shape index (κ1) is 20.6. The Hall–Kier alpha value is 0.570. The molecule has 20 heavy (non-hydrogen) atoms. The lowest BCUT2D eigenvalue weighted by molar-refractivity contribution is 0.203. The van der Waals surface area contributed by atoms with E-state index in [1.54, 1.807) is 0 Å². The van der Waals surface area contributed by atoms with E-state index in [1.165, 1.54) is 0 Å². The van der Waals surface area contributed by atoms with E-state index >= 15 is 0 Å². The van der Waals surface area contributed by atoms with Crippen LogP contribution in [0.2, 0.25) is 0 Å². The van der Waals surface area contributed by atoms with Crippen LogP contribution in [0.1, 0.15) is 68.2 Å². The van der Waals surface area contributed by atoms with Gasteiger partial charge in [-0.15, -0.1) is 0 Å². The van der Waals surface area contributed by atoms with Crippen molar-refractivity contribution in [3.8, 4) is 0 Å². The van der Waals surface area contributed by atoms with Crippen LogP contribution in [0.15, 0.2) is 0 Å². The van der Waals surface area contributed by atoms with Gasteiger partial charge in [0.1, 0.15) is 0 Å². The van der Waals surface area contributed by atoms with Crippen LogP contribution in [0.4, 0.5) is 0 Å². The second kappa shape index (κ2) is 7.72. The zero-order valence-corrected chi connectivity index (χ0v) is 16.4. The Labute approximate surface area is 131 Å². The maximum absolute atomic E-state index is 10.3. The van der Waals surface area contributed by atoms with Crippen LogP contribution in [0, 0.1) is 22.7 Å². The Morgan fingerprint density at radius 3 is 1.75 bits per heavy atom. The van der Waals surface area contributed by atoms with Crippen LogP contribution in [-0.2, 0) is 16.3 Å². The summed E-state index contributed by atoms with van der Waals surface area (Å²) >= 11 is 5.31. The second-order valence-electron chi connectivity index (χ2n) is 8.86. The normalized spacial score (nSPS) is 19.4. The number of hydrogen-bond acceptors (Lipinski definition) is 2. The fourth-order valence-electron chi connectivity index (χ4n) is 2.90. The highest BCUT2D eigenvalue weighted by atomic mass is 32.5.